The van der Waals surface area contributed by atoms with Crippen LogP contribution in [0.15, 0.2) is 0 Å². The van der Waals surface area contributed by atoms with Gasteiger partial charge >= 0.3 is 6.03 Å². The monoisotopic (exact) mass is 335 g/mol. The van der Waals surface area contributed by atoms with E-state index in [1.54, 1.807) is 0 Å². The molecule has 0 aromatic rings. The third-order valence-corrected chi connectivity index (χ3v) is 6.66. The SMILES string of the molecule is CC1CC1N1CC(NC(=O)NC2CCCC23CCOCC3)CC1=O. The molecule has 0 bridgehead atoms. The van der Waals surface area contributed by atoms with E-state index in [9.17, 15) is 9.59 Å². The maximum atomic E-state index is 12.5. The van der Waals surface area contributed by atoms with Gasteiger partial charge < -0.3 is 20.3 Å². The van der Waals surface area contributed by atoms with Gasteiger partial charge in [-0.2, -0.15) is 0 Å². The van der Waals surface area contributed by atoms with Crippen molar-refractivity contribution < 1.29 is 14.3 Å². The number of carbonyl (C=O) groups is 2. The van der Waals surface area contributed by atoms with E-state index in [1.807, 2.05) is 4.90 Å². The third kappa shape index (κ3) is 3.01. The zero-order valence-electron chi connectivity index (χ0n) is 14.6. The third-order valence-electron chi connectivity index (χ3n) is 6.66. The Morgan fingerprint density at radius 1 is 1.25 bits per heavy atom. The number of ether oxygens (including phenoxy) is 1. The summed E-state index contributed by atoms with van der Waals surface area (Å²) in [5, 5.41) is 6.26. The molecule has 2 saturated heterocycles. The summed E-state index contributed by atoms with van der Waals surface area (Å²) in [6.45, 7) is 4.47. The second-order valence-corrected chi connectivity index (χ2v) is 8.26. The second-order valence-electron chi connectivity index (χ2n) is 8.26. The van der Waals surface area contributed by atoms with Gasteiger partial charge in [-0.05, 0) is 43.4 Å². The Balaban J connectivity index is 1.30. The van der Waals surface area contributed by atoms with Gasteiger partial charge in [0.1, 0.15) is 0 Å². The summed E-state index contributed by atoms with van der Waals surface area (Å²) >= 11 is 0. The predicted molar refractivity (Wildman–Crippen MR) is 89.5 cm³/mol. The van der Waals surface area contributed by atoms with Crippen molar-refractivity contribution in [1.29, 1.82) is 0 Å². The maximum absolute atomic E-state index is 12.5. The zero-order valence-corrected chi connectivity index (χ0v) is 14.6. The van der Waals surface area contributed by atoms with Crippen LogP contribution in [0.25, 0.3) is 0 Å². The van der Waals surface area contributed by atoms with Gasteiger partial charge in [0.15, 0.2) is 0 Å². The molecule has 134 valence electrons. The van der Waals surface area contributed by atoms with Crippen LogP contribution in [0.4, 0.5) is 4.79 Å². The van der Waals surface area contributed by atoms with Crippen molar-refractivity contribution in [3.05, 3.63) is 0 Å². The van der Waals surface area contributed by atoms with Crippen molar-refractivity contribution in [2.75, 3.05) is 19.8 Å². The van der Waals surface area contributed by atoms with E-state index in [1.165, 1.54) is 12.8 Å². The molecule has 0 radical (unpaired) electrons. The van der Waals surface area contributed by atoms with E-state index in [0.717, 1.165) is 38.9 Å². The van der Waals surface area contributed by atoms with Gasteiger partial charge in [-0.3, -0.25) is 4.79 Å². The molecule has 2 saturated carbocycles. The van der Waals surface area contributed by atoms with E-state index in [2.05, 4.69) is 17.6 Å². The Labute approximate surface area is 143 Å². The van der Waals surface area contributed by atoms with Gasteiger partial charge in [0.2, 0.25) is 5.91 Å². The quantitative estimate of drug-likeness (QED) is 0.824. The van der Waals surface area contributed by atoms with E-state index >= 15 is 0 Å². The van der Waals surface area contributed by atoms with Gasteiger partial charge in [-0.1, -0.05) is 13.3 Å². The van der Waals surface area contributed by atoms with Gasteiger partial charge in [-0.25, -0.2) is 4.79 Å². The highest BCUT2D eigenvalue weighted by molar-refractivity contribution is 5.82. The van der Waals surface area contributed by atoms with Crippen LogP contribution in [0.2, 0.25) is 0 Å². The van der Waals surface area contributed by atoms with Crippen LogP contribution in [0.1, 0.15) is 51.9 Å². The molecule has 0 aromatic heterocycles. The Morgan fingerprint density at radius 3 is 2.71 bits per heavy atom. The largest absolute Gasteiger partial charge is 0.381 e. The van der Waals surface area contributed by atoms with Crippen LogP contribution < -0.4 is 10.6 Å². The summed E-state index contributed by atoms with van der Waals surface area (Å²) in [6.07, 6.45) is 7.08. The highest BCUT2D eigenvalue weighted by atomic mass is 16.5. The first-order chi connectivity index (χ1) is 11.6. The van der Waals surface area contributed by atoms with Crippen molar-refractivity contribution in [1.82, 2.24) is 15.5 Å². The van der Waals surface area contributed by atoms with Crippen LogP contribution in [-0.4, -0.2) is 54.7 Å². The molecule has 4 aliphatic rings. The van der Waals surface area contributed by atoms with Crippen LogP contribution >= 0.6 is 0 Å². The van der Waals surface area contributed by atoms with E-state index in [0.29, 0.717) is 24.9 Å². The van der Waals surface area contributed by atoms with Gasteiger partial charge in [-0.15, -0.1) is 0 Å². The molecule has 2 heterocycles. The van der Waals surface area contributed by atoms with Crippen molar-refractivity contribution in [2.24, 2.45) is 11.3 Å². The molecule has 2 N–H and O–H groups in total. The number of hydrogen-bond acceptors (Lipinski definition) is 3. The molecule has 4 unspecified atom stereocenters. The topological polar surface area (TPSA) is 70.7 Å². The molecular weight excluding hydrogens is 306 g/mol. The highest BCUT2D eigenvalue weighted by Crippen LogP contribution is 2.46. The first-order valence-electron chi connectivity index (χ1n) is 9.52. The van der Waals surface area contributed by atoms with Gasteiger partial charge in [0.05, 0.1) is 6.04 Å². The molecule has 6 heteroatoms. The van der Waals surface area contributed by atoms with Crippen molar-refractivity contribution in [3.63, 3.8) is 0 Å². The number of nitrogens with zero attached hydrogens (tertiary/aromatic N) is 1. The fourth-order valence-corrected chi connectivity index (χ4v) is 5.01. The maximum Gasteiger partial charge on any atom is 0.315 e. The molecule has 1 spiro atoms. The van der Waals surface area contributed by atoms with E-state index in [4.69, 9.17) is 4.74 Å². The Morgan fingerprint density at radius 2 is 2.00 bits per heavy atom. The van der Waals surface area contributed by atoms with Gasteiger partial charge in [0.25, 0.3) is 0 Å². The standard InChI is InChI=1S/C18H29N3O3/c1-12-9-14(12)21-11-13(10-16(21)22)19-17(23)20-15-3-2-4-18(15)5-7-24-8-6-18/h12-15H,2-11H2,1H3,(H2,19,20,23). The number of carbonyl (C=O) groups excluding carboxylic acids is 2. The van der Waals surface area contributed by atoms with E-state index in [-0.39, 0.29) is 29.4 Å². The van der Waals surface area contributed by atoms with Gasteiger partial charge in [0, 0.05) is 38.3 Å². The first kappa shape index (κ1) is 16.2. The average molecular weight is 335 g/mol. The number of amides is 3. The lowest BCUT2D eigenvalue weighted by Crippen LogP contribution is -2.52. The van der Waals surface area contributed by atoms with Crippen LogP contribution in [0.3, 0.4) is 0 Å². The first-order valence-corrected chi connectivity index (χ1v) is 9.52. The number of hydrogen-bond donors (Lipinski definition) is 2. The summed E-state index contributed by atoms with van der Waals surface area (Å²) in [7, 11) is 0. The van der Waals surface area contributed by atoms with Crippen LogP contribution in [0.5, 0.6) is 0 Å². The summed E-state index contributed by atoms with van der Waals surface area (Å²) in [5.74, 6) is 0.810. The Kier molecular flexibility index (Phi) is 4.19. The smallest absolute Gasteiger partial charge is 0.315 e. The second kappa shape index (κ2) is 6.21. The lowest BCUT2D eigenvalue weighted by atomic mass is 9.75. The Bertz CT molecular complexity index is 518. The molecule has 4 fully saturated rings. The fraction of sp³-hybridized carbons (Fsp3) is 0.889. The minimum atomic E-state index is -0.101. The molecule has 2 aliphatic carbocycles. The zero-order chi connectivity index (χ0) is 16.7. The normalized spacial score (nSPS) is 37.7. The Hall–Kier alpha value is -1.30. The minimum Gasteiger partial charge on any atom is -0.381 e. The minimum absolute atomic E-state index is 0.0441. The van der Waals surface area contributed by atoms with Crippen molar-refractivity contribution in [3.8, 4) is 0 Å². The van der Waals surface area contributed by atoms with E-state index < -0.39 is 0 Å². The lowest BCUT2D eigenvalue weighted by Gasteiger charge is -2.39. The summed E-state index contributed by atoms with van der Waals surface area (Å²) in [6, 6.07) is 0.513. The van der Waals surface area contributed by atoms with Crippen LogP contribution in [0, 0.1) is 11.3 Å². The molecule has 6 nitrogen and oxygen atoms in total. The molecular formula is C18H29N3O3. The number of urea groups is 1. The van der Waals surface area contributed by atoms with Crippen molar-refractivity contribution >= 4 is 11.9 Å². The molecule has 3 amide bonds. The molecule has 4 atom stereocenters. The number of rotatable bonds is 3. The highest BCUT2D eigenvalue weighted by Gasteiger charge is 2.46. The lowest BCUT2D eigenvalue weighted by molar-refractivity contribution is -0.128. The number of nitrogens with one attached hydrogen (secondary N) is 2. The predicted octanol–water partition coefficient (Wildman–Crippen LogP) is 1.64. The summed E-state index contributed by atoms with van der Waals surface area (Å²) in [5.41, 5.74) is 0.233. The fourth-order valence-electron chi connectivity index (χ4n) is 5.01. The summed E-state index contributed by atoms with van der Waals surface area (Å²) in [4.78, 5) is 26.5. The van der Waals surface area contributed by atoms with Crippen molar-refractivity contribution in [2.45, 2.75) is 70.0 Å². The molecule has 2 aliphatic heterocycles. The molecule has 4 rings (SSSR count). The average Bonchev–Trinajstić information content (AvgIpc) is 3.00. The molecule has 0 aromatic carbocycles. The number of likely N-dealkylation sites (tertiary alicyclic amines) is 1. The summed E-state index contributed by atoms with van der Waals surface area (Å²) < 4.78 is 5.51. The van der Waals surface area contributed by atoms with Crippen LogP contribution in [-0.2, 0) is 9.53 Å². The molecule has 24 heavy (non-hydrogen) atoms.